The fourth-order valence-corrected chi connectivity index (χ4v) is 3.64. The Bertz CT molecular complexity index is 438. The quantitative estimate of drug-likeness (QED) is 0.804. The molecule has 0 bridgehead atoms. The Morgan fingerprint density at radius 3 is 2.93 bits per heavy atom. The first-order valence-corrected chi connectivity index (χ1v) is 6.68. The Balaban J connectivity index is 2.09. The number of nitrogens with two attached hydrogens (primary N) is 1. The predicted molar refractivity (Wildman–Crippen MR) is 54.9 cm³/mol. The normalized spacial score (nSPS) is 24.5. The first-order valence-electron chi connectivity index (χ1n) is 4.97. The number of hydrogen-bond acceptors (Lipinski definition) is 5. The summed E-state index contributed by atoms with van der Waals surface area (Å²) >= 11 is 0. The van der Waals surface area contributed by atoms with Gasteiger partial charge in [0.05, 0.1) is 16.7 Å². The Morgan fingerprint density at radius 2 is 2.40 bits per heavy atom. The number of sulfone groups is 1. The highest BCUT2D eigenvalue weighted by atomic mass is 32.2. The van der Waals surface area contributed by atoms with Crippen LogP contribution in [0.3, 0.4) is 0 Å². The molecule has 1 aromatic heterocycles. The van der Waals surface area contributed by atoms with E-state index in [1.54, 1.807) is 0 Å². The van der Waals surface area contributed by atoms with Crippen LogP contribution in [0.15, 0.2) is 10.7 Å². The van der Waals surface area contributed by atoms with E-state index in [9.17, 15) is 8.42 Å². The van der Waals surface area contributed by atoms with Crippen LogP contribution < -0.4 is 5.73 Å². The monoisotopic (exact) mass is 230 g/mol. The molecule has 1 aromatic rings. The van der Waals surface area contributed by atoms with Crippen molar-refractivity contribution in [3.8, 4) is 0 Å². The topological polar surface area (TPSA) is 86.2 Å². The van der Waals surface area contributed by atoms with E-state index in [4.69, 9.17) is 10.2 Å². The van der Waals surface area contributed by atoms with E-state index < -0.39 is 9.84 Å². The van der Waals surface area contributed by atoms with Crippen LogP contribution in [0, 0.1) is 0 Å². The minimum atomic E-state index is -2.91. The Kier molecular flexibility index (Phi) is 2.79. The first kappa shape index (κ1) is 10.6. The average Bonchev–Trinajstić information content (AvgIpc) is 2.75. The molecule has 1 unspecified atom stereocenters. The van der Waals surface area contributed by atoms with Gasteiger partial charge in [0.15, 0.2) is 15.7 Å². The summed E-state index contributed by atoms with van der Waals surface area (Å²) in [5, 5.41) is -0.318. The van der Waals surface area contributed by atoms with Crippen LogP contribution in [-0.2, 0) is 22.8 Å². The molecule has 6 heteroatoms. The molecule has 1 atom stereocenters. The van der Waals surface area contributed by atoms with E-state index >= 15 is 0 Å². The van der Waals surface area contributed by atoms with Gasteiger partial charge in [0.25, 0.3) is 0 Å². The molecule has 0 aliphatic carbocycles. The lowest BCUT2D eigenvalue weighted by molar-refractivity contribution is 0.482. The Labute approximate surface area is 88.6 Å². The van der Waals surface area contributed by atoms with Crippen molar-refractivity contribution in [2.45, 2.75) is 31.1 Å². The third-order valence-electron chi connectivity index (χ3n) is 2.67. The lowest BCUT2D eigenvalue weighted by Gasteiger charge is -2.04. The molecule has 84 valence electrons. The van der Waals surface area contributed by atoms with Gasteiger partial charge in [0, 0.05) is 13.0 Å². The van der Waals surface area contributed by atoms with Gasteiger partial charge < -0.3 is 10.2 Å². The van der Waals surface area contributed by atoms with Gasteiger partial charge >= 0.3 is 0 Å². The lowest BCUT2D eigenvalue weighted by Crippen LogP contribution is -2.18. The first-order chi connectivity index (χ1) is 7.12. The standard InChI is InChI=1S/C9H14N2O3S/c10-5-7-6-14-9(11-7)4-8-2-1-3-15(8,12)13/h6,8H,1-5,10H2. The highest BCUT2D eigenvalue weighted by molar-refractivity contribution is 7.92. The third-order valence-corrected chi connectivity index (χ3v) is 4.95. The maximum absolute atomic E-state index is 11.5. The average molecular weight is 230 g/mol. The molecule has 1 aliphatic heterocycles. The van der Waals surface area contributed by atoms with Gasteiger partial charge in [-0.1, -0.05) is 0 Å². The summed E-state index contributed by atoms with van der Waals surface area (Å²) < 4.78 is 28.3. The smallest absolute Gasteiger partial charge is 0.195 e. The van der Waals surface area contributed by atoms with Crippen molar-refractivity contribution in [2.24, 2.45) is 5.73 Å². The molecule has 2 N–H and O–H groups in total. The molecule has 0 radical (unpaired) electrons. The zero-order valence-corrected chi connectivity index (χ0v) is 9.16. The van der Waals surface area contributed by atoms with E-state index in [1.165, 1.54) is 6.26 Å². The van der Waals surface area contributed by atoms with Crippen LogP contribution in [0.1, 0.15) is 24.4 Å². The van der Waals surface area contributed by atoms with E-state index in [0.717, 1.165) is 6.42 Å². The third kappa shape index (κ3) is 2.21. The maximum Gasteiger partial charge on any atom is 0.195 e. The molecule has 2 rings (SSSR count). The molecule has 2 heterocycles. The van der Waals surface area contributed by atoms with Gasteiger partial charge in [-0.2, -0.15) is 0 Å². The second kappa shape index (κ2) is 3.94. The number of rotatable bonds is 3. The largest absolute Gasteiger partial charge is 0.449 e. The van der Waals surface area contributed by atoms with Gasteiger partial charge in [0.1, 0.15) is 6.26 Å². The molecule has 0 aromatic carbocycles. The fraction of sp³-hybridized carbons (Fsp3) is 0.667. The summed E-state index contributed by atoms with van der Waals surface area (Å²) in [7, 11) is -2.91. The summed E-state index contributed by atoms with van der Waals surface area (Å²) in [5.41, 5.74) is 6.05. The van der Waals surface area contributed by atoms with Gasteiger partial charge in [0.2, 0.25) is 0 Å². The van der Waals surface area contributed by atoms with Crippen LogP contribution in [-0.4, -0.2) is 24.4 Å². The number of oxazole rings is 1. The van der Waals surface area contributed by atoms with E-state index in [2.05, 4.69) is 4.98 Å². The fourth-order valence-electron chi connectivity index (χ4n) is 1.82. The van der Waals surface area contributed by atoms with Crippen molar-refractivity contribution in [1.29, 1.82) is 0 Å². The summed E-state index contributed by atoms with van der Waals surface area (Å²) in [6.45, 7) is 0.320. The summed E-state index contributed by atoms with van der Waals surface area (Å²) in [6.07, 6.45) is 3.32. The zero-order valence-electron chi connectivity index (χ0n) is 8.35. The highest BCUT2D eigenvalue weighted by Crippen LogP contribution is 2.23. The molecule has 1 fully saturated rings. The minimum Gasteiger partial charge on any atom is -0.449 e. The Morgan fingerprint density at radius 1 is 1.60 bits per heavy atom. The minimum absolute atomic E-state index is 0.294. The summed E-state index contributed by atoms with van der Waals surface area (Å²) in [5.74, 6) is 0.771. The van der Waals surface area contributed by atoms with E-state index in [0.29, 0.717) is 36.7 Å². The van der Waals surface area contributed by atoms with Crippen LogP contribution in [0.5, 0.6) is 0 Å². The molecule has 0 amide bonds. The number of hydrogen-bond donors (Lipinski definition) is 1. The SMILES string of the molecule is NCc1coc(CC2CCCS2(=O)=O)n1. The van der Waals surface area contributed by atoms with E-state index in [1.807, 2.05) is 0 Å². The molecule has 0 spiro atoms. The van der Waals surface area contributed by atoms with Crippen molar-refractivity contribution in [1.82, 2.24) is 4.98 Å². The second-order valence-electron chi connectivity index (χ2n) is 3.77. The number of aromatic nitrogens is 1. The van der Waals surface area contributed by atoms with Crippen molar-refractivity contribution in [3.63, 3.8) is 0 Å². The Hall–Kier alpha value is -0.880. The maximum atomic E-state index is 11.5. The van der Waals surface area contributed by atoms with Gasteiger partial charge in [-0.25, -0.2) is 13.4 Å². The van der Waals surface area contributed by atoms with Gasteiger partial charge in [-0.3, -0.25) is 0 Å². The van der Waals surface area contributed by atoms with Gasteiger partial charge in [-0.15, -0.1) is 0 Å². The second-order valence-corrected chi connectivity index (χ2v) is 6.17. The summed E-state index contributed by atoms with van der Waals surface area (Å²) in [6, 6.07) is 0. The van der Waals surface area contributed by atoms with Gasteiger partial charge in [-0.05, 0) is 12.8 Å². The van der Waals surface area contributed by atoms with Crippen molar-refractivity contribution in [3.05, 3.63) is 17.8 Å². The predicted octanol–water partition coefficient (Wildman–Crippen LogP) is 0.253. The molecule has 1 aliphatic rings. The molecular formula is C9H14N2O3S. The zero-order chi connectivity index (χ0) is 10.9. The van der Waals surface area contributed by atoms with Crippen LogP contribution in [0.4, 0.5) is 0 Å². The summed E-state index contributed by atoms with van der Waals surface area (Å²) in [4.78, 5) is 4.10. The van der Waals surface area contributed by atoms with Crippen LogP contribution >= 0.6 is 0 Å². The van der Waals surface area contributed by atoms with E-state index in [-0.39, 0.29) is 5.25 Å². The van der Waals surface area contributed by atoms with Crippen LogP contribution in [0.2, 0.25) is 0 Å². The molecule has 5 nitrogen and oxygen atoms in total. The van der Waals surface area contributed by atoms with Crippen molar-refractivity contribution in [2.75, 3.05) is 5.75 Å². The molecule has 0 saturated carbocycles. The molecular weight excluding hydrogens is 216 g/mol. The number of nitrogens with zero attached hydrogens (tertiary/aromatic N) is 1. The van der Waals surface area contributed by atoms with Crippen LogP contribution in [0.25, 0.3) is 0 Å². The van der Waals surface area contributed by atoms with Crippen molar-refractivity contribution >= 4 is 9.84 Å². The molecule has 15 heavy (non-hydrogen) atoms. The van der Waals surface area contributed by atoms with Crippen molar-refractivity contribution < 1.29 is 12.8 Å². The lowest BCUT2D eigenvalue weighted by atomic mass is 10.2. The highest BCUT2D eigenvalue weighted by Gasteiger charge is 2.32. The molecule has 1 saturated heterocycles.